The summed E-state index contributed by atoms with van der Waals surface area (Å²) in [5.41, 5.74) is 0.525. The van der Waals surface area contributed by atoms with Crippen LogP contribution in [0, 0.1) is 11.8 Å². The van der Waals surface area contributed by atoms with Gasteiger partial charge in [0.2, 0.25) is 5.91 Å². The molecule has 0 unspecified atom stereocenters. The van der Waals surface area contributed by atoms with Gasteiger partial charge >= 0.3 is 6.03 Å². The lowest BCUT2D eigenvalue weighted by Crippen LogP contribution is -2.47. The molecule has 1 aromatic rings. The number of halogens is 1. The first-order valence-corrected chi connectivity index (χ1v) is 11.8. The van der Waals surface area contributed by atoms with Crippen LogP contribution in [0.25, 0.3) is 0 Å². The Kier molecular flexibility index (Phi) is 10.4. The van der Waals surface area contributed by atoms with Gasteiger partial charge in [-0.15, -0.1) is 0 Å². The van der Waals surface area contributed by atoms with Gasteiger partial charge in [-0.1, -0.05) is 24.9 Å². The number of carbonyl (C=O) groups is 3. The Balaban J connectivity index is 1.92. The van der Waals surface area contributed by atoms with E-state index in [4.69, 9.17) is 11.6 Å². The van der Waals surface area contributed by atoms with Crippen LogP contribution in [0.1, 0.15) is 49.9 Å². The summed E-state index contributed by atoms with van der Waals surface area (Å²) in [7, 11) is 3.97. The van der Waals surface area contributed by atoms with E-state index in [0.717, 1.165) is 25.8 Å². The van der Waals surface area contributed by atoms with Gasteiger partial charge in [0.15, 0.2) is 0 Å². The highest BCUT2D eigenvalue weighted by molar-refractivity contribution is 6.29. The Hall–Kier alpha value is -2.19. The molecule has 2 heterocycles. The van der Waals surface area contributed by atoms with Gasteiger partial charge in [-0.2, -0.15) is 0 Å². The standard InChI is InChI=1S/C23H36ClN5O3/c1-5-17-16-28(22(31)19-8-11-25-20(24)14-19)13-9-18(17)15-21(30)29(6-2)23(32)26-10-7-12-27(3)4/h8,11,14,17-18H,5-7,9-10,12-13,15-16H2,1-4H3,(H,26,32)/t17-,18+/m1/s1. The van der Waals surface area contributed by atoms with E-state index in [0.29, 0.717) is 43.3 Å². The van der Waals surface area contributed by atoms with Gasteiger partial charge in [0.1, 0.15) is 5.15 Å². The van der Waals surface area contributed by atoms with Crippen molar-refractivity contribution in [3.8, 4) is 0 Å². The summed E-state index contributed by atoms with van der Waals surface area (Å²) in [6, 6.07) is 2.92. The number of aromatic nitrogens is 1. The highest BCUT2D eigenvalue weighted by Gasteiger charge is 2.33. The van der Waals surface area contributed by atoms with E-state index in [1.54, 1.807) is 12.1 Å². The molecule has 1 saturated heterocycles. The molecule has 0 aromatic carbocycles. The normalized spacial score (nSPS) is 18.5. The van der Waals surface area contributed by atoms with Crippen LogP contribution in [0.4, 0.5) is 4.79 Å². The number of rotatable bonds is 9. The maximum Gasteiger partial charge on any atom is 0.324 e. The summed E-state index contributed by atoms with van der Waals surface area (Å²) in [4.78, 5) is 47.4. The van der Waals surface area contributed by atoms with E-state index in [-0.39, 0.29) is 29.7 Å². The molecular weight excluding hydrogens is 430 g/mol. The Labute approximate surface area is 196 Å². The third-order valence-corrected chi connectivity index (χ3v) is 6.24. The van der Waals surface area contributed by atoms with Crippen molar-refractivity contribution < 1.29 is 14.4 Å². The van der Waals surface area contributed by atoms with Crippen molar-refractivity contribution in [2.45, 2.75) is 39.5 Å². The fourth-order valence-corrected chi connectivity index (χ4v) is 4.34. The molecule has 32 heavy (non-hydrogen) atoms. The molecule has 178 valence electrons. The summed E-state index contributed by atoms with van der Waals surface area (Å²) in [6.45, 7) is 6.82. The molecule has 0 radical (unpaired) electrons. The predicted molar refractivity (Wildman–Crippen MR) is 126 cm³/mol. The Bertz CT molecular complexity index is 789. The maximum absolute atomic E-state index is 12.9. The third kappa shape index (κ3) is 7.45. The van der Waals surface area contributed by atoms with Crippen LogP contribution < -0.4 is 5.32 Å². The van der Waals surface area contributed by atoms with Gasteiger partial charge in [0, 0.05) is 44.4 Å². The van der Waals surface area contributed by atoms with Crippen LogP contribution in [0.15, 0.2) is 18.3 Å². The average Bonchev–Trinajstić information content (AvgIpc) is 2.76. The summed E-state index contributed by atoms with van der Waals surface area (Å²) in [5, 5.41) is 3.14. The van der Waals surface area contributed by atoms with E-state index < -0.39 is 0 Å². The Morgan fingerprint density at radius 1 is 1.25 bits per heavy atom. The fourth-order valence-electron chi connectivity index (χ4n) is 4.17. The first-order chi connectivity index (χ1) is 15.3. The third-order valence-electron chi connectivity index (χ3n) is 6.03. The molecule has 0 bridgehead atoms. The van der Waals surface area contributed by atoms with Crippen LogP contribution in [-0.4, -0.2) is 84.3 Å². The van der Waals surface area contributed by atoms with E-state index in [1.165, 1.54) is 11.1 Å². The summed E-state index contributed by atoms with van der Waals surface area (Å²) in [5.74, 6) is 0.135. The number of likely N-dealkylation sites (tertiary alicyclic amines) is 1. The molecule has 0 saturated carbocycles. The van der Waals surface area contributed by atoms with Gasteiger partial charge in [-0.05, 0) is 64.4 Å². The minimum Gasteiger partial charge on any atom is -0.338 e. The zero-order valence-corrected chi connectivity index (χ0v) is 20.4. The smallest absolute Gasteiger partial charge is 0.324 e. The number of urea groups is 1. The molecule has 1 N–H and O–H groups in total. The van der Waals surface area contributed by atoms with Crippen molar-refractivity contribution in [1.29, 1.82) is 0 Å². The number of piperidine rings is 1. The number of hydrogen-bond donors (Lipinski definition) is 1. The first kappa shape index (κ1) is 26.1. The summed E-state index contributed by atoms with van der Waals surface area (Å²) < 4.78 is 0. The molecular formula is C23H36ClN5O3. The largest absolute Gasteiger partial charge is 0.338 e. The minimum atomic E-state index is -0.327. The summed E-state index contributed by atoms with van der Waals surface area (Å²) >= 11 is 5.93. The molecule has 1 fully saturated rings. The van der Waals surface area contributed by atoms with Crippen molar-refractivity contribution >= 4 is 29.4 Å². The lowest BCUT2D eigenvalue weighted by atomic mass is 9.81. The van der Waals surface area contributed by atoms with Gasteiger partial charge in [-0.25, -0.2) is 9.78 Å². The van der Waals surface area contributed by atoms with Crippen molar-refractivity contribution in [3.63, 3.8) is 0 Å². The highest BCUT2D eigenvalue weighted by atomic mass is 35.5. The number of nitrogens with zero attached hydrogens (tertiary/aromatic N) is 4. The van der Waals surface area contributed by atoms with E-state index in [2.05, 4.69) is 22.1 Å². The summed E-state index contributed by atoms with van der Waals surface area (Å²) in [6.07, 6.45) is 4.28. The van der Waals surface area contributed by atoms with Crippen molar-refractivity contribution in [3.05, 3.63) is 29.0 Å². The van der Waals surface area contributed by atoms with Gasteiger partial charge in [0.25, 0.3) is 5.91 Å². The Morgan fingerprint density at radius 2 is 2.00 bits per heavy atom. The second kappa shape index (κ2) is 12.7. The average molecular weight is 466 g/mol. The first-order valence-electron chi connectivity index (χ1n) is 11.4. The zero-order chi connectivity index (χ0) is 23.7. The lowest BCUT2D eigenvalue weighted by Gasteiger charge is -2.38. The second-order valence-electron chi connectivity index (χ2n) is 8.57. The van der Waals surface area contributed by atoms with Gasteiger partial charge in [0.05, 0.1) is 0 Å². The SMILES string of the molecule is CC[C@@H]1CN(C(=O)c2ccnc(Cl)c2)CC[C@H]1CC(=O)N(CC)C(=O)NCCCN(C)C. The van der Waals surface area contributed by atoms with Crippen LogP contribution in [0.2, 0.25) is 5.15 Å². The number of hydrogen-bond acceptors (Lipinski definition) is 5. The van der Waals surface area contributed by atoms with Crippen molar-refractivity contribution in [1.82, 2.24) is 25.0 Å². The highest BCUT2D eigenvalue weighted by Crippen LogP contribution is 2.30. The van der Waals surface area contributed by atoms with E-state index >= 15 is 0 Å². The topological polar surface area (TPSA) is 85.9 Å². The molecule has 0 aliphatic carbocycles. The lowest BCUT2D eigenvalue weighted by molar-refractivity contribution is -0.130. The van der Waals surface area contributed by atoms with Crippen LogP contribution >= 0.6 is 11.6 Å². The molecule has 0 spiro atoms. The number of pyridine rings is 1. The molecule has 1 aromatic heterocycles. The number of imide groups is 1. The van der Waals surface area contributed by atoms with Crippen molar-refractivity contribution in [2.75, 3.05) is 46.8 Å². The van der Waals surface area contributed by atoms with Crippen LogP contribution in [0.3, 0.4) is 0 Å². The van der Waals surface area contributed by atoms with Crippen molar-refractivity contribution in [2.24, 2.45) is 11.8 Å². The Morgan fingerprint density at radius 3 is 2.62 bits per heavy atom. The van der Waals surface area contributed by atoms with Crippen LogP contribution in [-0.2, 0) is 4.79 Å². The molecule has 1 aliphatic heterocycles. The predicted octanol–water partition coefficient (Wildman–Crippen LogP) is 3.12. The molecule has 2 atom stereocenters. The number of amides is 4. The maximum atomic E-state index is 12.9. The number of carbonyl (C=O) groups excluding carboxylic acids is 3. The molecule has 1 aliphatic rings. The second-order valence-corrected chi connectivity index (χ2v) is 8.95. The monoisotopic (exact) mass is 465 g/mol. The molecule has 2 rings (SSSR count). The molecule has 4 amide bonds. The molecule has 8 nitrogen and oxygen atoms in total. The van der Waals surface area contributed by atoms with Gasteiger partial charge < -0.3 is 15.1 Å². The fraction of sp³-hybridized carbons (Fsp3) is 0.652. The van der Waals surface area contributed by atoms with E-state index in [9.17, 15) is 14.4 Å². The van der Waals surface area contributed by atoms with Gasteiger partial charge in [-0.3, -0.25) is 14.5 Å². The number of nitrogens with one attached hydrogen (secondary N) is 1. The quantitative estimate of drug-likeness (QED) is 0.447. The molecule has 9 heteroatoms. The zero-order valence-electron chi connectivity index (χ0n) is 19.6. The van der Waals surface area contributed by atoms with Crippen LogP contribution in [0.5, 0.6) is 0 Å². The minimum absolute atomic E-state index is 0.0650. The van der Waals surface area contributed by atoms with E-state index in [1.807, 2.05) is 25.9 Å².